The Hall–Kier alpha value is -4.31. The quantitative estimate of drug-likeness (QED) is 0.370. The summed E-state index contributed by atoms with van der Waals surface area (Å²) in [5.41, 5.74) is 5.03. The second-order valence-corrected chi connectivity index (χ2v) is 12.2. The summed E-state index contributed by atoms with van der Waals surface area (Å²) in [4.78, 5) is 33.6. The molecule has 1 fully saturated rings. The van der Waals surface area contributed by atoms with Crippen LogP contribution in [0.5, 0.6) is 0 Å². The van der Waals surface area contributed by atoms with E-state index in [4.69, 9.17) is 0 Å². The minimum atomic E-state index is -3.24. The number of pyridine rings is 2. The third-order valence-electron chi connectivity index (χ3n) is 7.35. The van der Waals surface area contributed by atoms with E-state index in [9.17, 15) is 18.0 Å². The number of sulfone groups is 1. The maximum Gasteiger partial charge on any atom is 0.333 e. The average Bonchev–Trinajstić information content (AvgIpc) is 3.67. The van der Waals surface area contributed by atoms with Crippen LogP contribution in [-0.4, -0.2) is 39.7 Å². The molecule has 1 amide bonds. The number of amides is 1. The van der Waals surface area contributed by atoms with Crippen molar-refractivity contribution in [3.05, 3.63) is 83.0 Å². The molecule has 1 aliphatic rings. The van der Waals surface area contributed by atoms with Gasteiger partial charge in [-0.15, -0.1) is 0 Å². The first kappa shape index (κ1) is 24.1. The van der Waals surface area contributed by atoms with Crippen LogP contribution in [0.25, 0.3) is 38.8 Å². The fourth-order valence-corrected chi connectivity index (χ4v) is 6.54. The Balaban J connectivity index is 1.50. The maximum atomic E-state index is 13.4. The van der Waals surface area contributed by atoms with Crippen LogP contribution in [0.2, 0.25) is 0 Å². The number of anilines is 1. The predicted molar refractivity (Wildman–Crippen MR) is 147 cm³/mol. The molecule has 1 N–H and O–H groups in total. The van der Waals surface area contributed by atoms with Crippen molar-refractivity contribution >= 4 is 43.5 Å². The zero-order valence-corrected chi connectivity index (χ0v) is 21.9. The molecule has 9 nitrogen and oxygen atoms in total. The van der Waals surface area contributed by atoms with E-state index in [2.05, 4.69) is 15.3 Å². The Morgan fingerprint density at radius 1 is 0.974 bits per heavy atom. The van der Waals surface area contributed by atoms with Gasteiger partial charge in [0.05, 0.1) is 33.2 Å². The van der Waals surface area contributed by atoms with Crippen LogP contribution in [0.15, 0.2) is 71.8 Å². The largest absolute Gasteiger partial charge is 0.333 e. The number of rotatable bonds is 5. The van der Waals surface area contributed by atoms with E-state index in [1.54, 1.807) is 34.6 Å². The molecule has 0 saturated heterocycles. The number of benzene rings is 2. The number of nitrogens with zero attached hydrogens (tertiary/aromatic N) is 4. The van der Waals surface area contributed by atoms with Crippen molar-refractivity contribution < 1.29 is 13.2 Å². The van der Waals surface area contributed by atoms with Gasteiger partial charge in [-0.05, 0) is 60.4 Å². The molecule has 6 rings (SSSR count). The standard InChI is InChI=1S/C28H25N5O4S/c1-17(34)31-25-11-5-19(15-30-25)18-4-10-23-22(14-18)26-24(16-29-23)32(2)27(35)33(26)21-8-6-20(7-9-21)28(12-13-28)38(3,36)37/h4-11,14-16H,12-13H2,1-3H3,(H,30,31,34). The third kappa shape index (κ3) is 3.71. The predicted octanol–water partition coefficient (Wildman–Crippen LogP) is 3.93. The molecule has 1 aliphatic carbocycles. The van der Waals surface area contributed by atoms with Gasteiger partial charge < -0.3 is 5.32 Å². The lowest BCUT2D eigenvalue weighted by atomic mass is 10.0. The van der Waals surface area contributed by atoms with Gasteiger partial charge in [0.25, 0.3) is 0 Å². The number of aryl methyl sites for hydroxylation is 1. The van der Waals surface area contributed by atoms with Crippen molar-refractivity contribution in [1.29, 1.82) is 0 Å². The summed E-state index contributed by atoms with van der Waals surface area (Å²) in [6, 6.07) is 16.7. The van der Waals surface area contributed by atoms with E-state index in [-0.39, 0.29) is 11.6 Å². The number of imidazole rings is 1. The lowest BCUT2D eigenvalue weighted by molar-refractivity contribution is -0.114. The first-order valence-electron chi connectivity index (χ1n) is 12.1. The second-order valence-electron chi connectivity index (χ2n) is 9.83. The van der Waals surface area contributed by atoms with Crippen LogP contribution in [0.3, 0.4) is 0 Å². The highest BCUT2D eigenvalue weighted by Gasteiger charge is 2.53. The van der Waals surface area contributed by atoms with E-state index in [0.29, 0.717) is 35.4 Å². The van der Waals surface area contributed by atoms with E-state index < -0.39 is 14.6 Å². The van der Waals surface area contributed by atoms with Crippen molar-refractivity contribution in [2.24, 2.45) is 7.05 Å². The smallest absolute Gasteiger partial charge is 0.311 e. The van der Waals surface area contributed by atoms with Gasteiger partial charge in [-0.3, -0.25) is 18.9 Å². The molecule has 38 heavy (non-hydrogen) atoms. The molecule has 0 bridgehead atoms. The first-order valence-corrected chi connectivity index (χ1v) is 14.0. The molecular weight excluding hydrogens is 502 g/mol. The molecule has 10 heteroatoms. The Kier molecular flexibility index (Phi) is 5.29. The van der Waals surface area contributed by atoms with Crippen molar-refractivity contribution in [2.75, 3.05) is 11.6 Å². The number of nitrogens with one attached hydrogen (secondary N) is 1. The van der Waals surface area contributed by atoms with Crippen LogP contribution in [0, 0.1) is 0 Å². The lowest BCUT2D eigenvalue weighted by Crippen LogP contribution is -2.21. The number of hydrogen-bond acceptors (Lipinski definition) is 6. The number of hydrogen-bond donors (Lipinski definition) is 1. The number of fused-ring (bicyclic) bond motifs is 3. The maximum absolute atomic E-state index is 13.4. The Morgan fingerprint density at radius 3 is 2.29 bits per heavy atom. The van der Waals surface area contributed by atoms with E-state index in [1.165, 1.54) is 13.2 Å². The summed E-state index contributed by atoms with van der Waals surface area (Å²) < 4.78 is 27.1. The number of carbonyl (C=O) groups is 1. The summed E-state index contributed by atoms with van der Waals surface area (Å²) in [6.45, 7) is 1.43. The van der Waals surface area contributed by atoms with Crippen LogP contribution >= 0.6 is 0 Å². The molecule has 0 radical (unpaired) electrons. The topological polar surface area (TPSA) is 116 Å². The molecular formula is C28H25N5O4S. The Morgan fingerprint density at radius 2 is 1.68 bits per heavy atom. The molecule has 0 aliphatic heterocycles. The third-order valence-corrected chi connectivity index (χ3v) is 9.41. The summed E-state index contributed by atoms with van der Waals surface area (Å²) >= 11 is 0. The van der Waals surface area contributed by atoms with Gasteiger partial charge in [0.2, 0.25) is 5.91 Å². The monoisotopic (exact) mass is 527 g/mol. The van der Waals surface area contributed by atoms with Crippen molar-refractivity contribution in [3.63, 3.8) is 0 Å². The molecule has 0 spiro atoms. The molecule has 1 saturated carbocycles. The SMILES string of the molecule is CC(=O)Nc1ccc(-c2ccc3ncc4c(c3c2)n(-c2ccc(C3(S(C)(=O)=O)CC3)cc2)c(=O)n4C)cn1. The van der Waals surface area contributed by atoms with Crippen molar-refractivity contribution in [2.45, 2.75) is 24.5 Å². The van der Waals surface area contributed by atoms with Gasteiger partial charge in [0, 0.05) is 37.4 Å². The molecule has 192 valence electrons. The average molecular weight is 528 g/mol. The first-order chi connectivity index (χ1) is 18.1. The van der Waals surface area contributed by atoms with Crippen LogP contribution in [0.4, 0.5) is 5.82 Å². The molecule has 3 aromatic heterocycles. The molecule has 0 atom stereocenters. The summed E-state index contributed by atoms with van der Waals surface area (Å²) in [6.07, 6.45) is 5.88. The van der Waals surface area contributed by atoms with Crippen LogP contribution in [0.1, 0.15) is 25.3 Å². The van der Waals surface area contributed by atoms with Crippen molar-refractivity contribution in [3.8, 4) is 16.8 Å². The van der Waals surface area contributed by atoms with Gasteiger partial charge >= 0.3 is 5.69 Å². The minimum absolute atomic E-state index is 0.192. The summed E-state index contributed by atoms with van der Waals surface area (Å²) in [5.74, 6) is 0.276. The van der Waals surface area contributed by atoms with Gasteiger partial charge in [-0.25, -0.2) is 18.2 Å². The van der Waals surface area contributed by atoms with Crippen LogP contribution in [-0.2, 0) is 26.4 Å². The zero-order valence-electron chi connectivity index (χ0n) is 21.1. The molecule has 3 heterocycles. The zero-order chi connectivity index (χ0) is 26.8. The number of carbonyl (C=O) groups excluding carboxylic acids is 1. The molecule has 5 aromatic rings. The fourth-order valence-electron chi connectivity index (χ4n) is 5.14. The van der Waals surface area contributed by atoms with Gasteiger partial charge in [0.1, 0.15) is 5.82 Å². The number of aromatic nitrogens is 4. The summed E-state index contributed by atoms with van der Waals surface area (Å²) in [5, 5.41) is 3.46. The van der Waals surface area contributed by atoms with Gasteiger partial charge in [-0.2, -0.15) is 0 Å². The second kappa shape index (κ2) is 8.35. The highest BCUT2D eigenvalue weighted by Crippen LogP contribution is 2.52. The Bertz CT molecular complexity index is 1920. The highest BCUT2D eigenvalue weighted by molar-refractivity contribution is 7.92. The normalized spacial score (nSPS) is 14.6. The molecule has 2 aromatic carbocycles. The molecule has 0 unspecified atom stereocenters. The van der Waals surface area contributed by atoms with Crippen LogP contribution < -0.4 is 11.0 Å². The Labute approximate surface area is 218 Å². The van der Waals surface area contributed by atoms with Gasteiger partial charge in [-0.1, -0.05) is 18.2 Å². The van der Waals surface area contributed by atoms with Gasteiger partial charge in [0.15, 0.2) is 9.84 Å². The summed E-state index contributed by atoms with van der Waals surface area (Å²) in [7, 11) is -1.53. The lowest BCUT2D eigenvalue weighted by Gasteiger charge is -2.14. The van der Waals surface area contributed by atoms with Crippen molar-refractivity contribution in [1.82, 2.24) is 19.1 Å². The van der Waals surface area contributed by atoms with E-state index in [0.717, 1.165) is 27.6 Å². The fraction of sp³-hybridized carbons (Fsp3) is 0.214. The minimum Gasteiger partial charge on any atom is -0.311 e. The van der Waals surface area contributed by atoms with E-state index in [1.807, 2.05) is 48.5 Å². The van der Waals surface area contributed by atoms with E-state index >= 15 is 0 Å². The highest BCUT2D eigenvalue weighted by atomic mass is 32.2.